The fraction of sp³-hybridized carbons (Fsp3) is 0.464. The van der Waals surface area contributed by atoms with Crippen LogP contribution in [0.15, 0.2) is 121 Å². The highest BCUT2D eigenvalue weighted by molar-refractivity contribution is 5.71. The number of aromatic nitrogens is 3. The van der Waals surface area contributed by atoms with Crippen LogP contribution in [0, 0.1) is 12.3 Å². The molecule has 0 unspecified atom stereocenters. The van der Waals surface area contributed by atoms with Crippen molar-refractivity contribution in [1.82, 2.24) is 15.0 Å². The highest BCUT2D eigenvalue weighted by atomic mass is 16.6. The number of carbonyl (C=O) groups excluding carboxylic acids is 2. The molecule has 372 valence electrons. The Labute approximate surface area is 409 Å². The average Bonchev–Trinajstić information content (AvgIpc) is 3.80. The van der Waals surface area contributed by atoms with Crippen molar-refractivity contribution >= 4 is 11.9 Å². The molecule has 4 aromatic carbocycles. The minimum absolute atomic E-state index is 0.187. The van der Waals surface area contributed by atoms with Crippen LogP contribution in [0.4, 0.5) is 0 Å². The van der Waals surface area contributed by atoms with Gasteiger partial charge in [0.05, 0.1) is 18.9 Å². The van der Waals surface area contributed by atoms with E-state index in [9.17, 15) is 9.59 Å². The summed E-state index contributed by atoms with van der Waals surface area (Å²) in [6.07, 6.45) is 10.3. The zero-order valence-electron chi connectivity index (χ0n) is 43.8. The Morgan fingerprint density at radius 3 is 1.51 bits per heavy atom. The van der Waals surface area contributed by atoms with Gasteiger partial charge in [0.1, 0.15) is 22.7 Å². The molecule has 0 aliphatic carbocycles. The number of esters is 2. The van der Waals surface area contributed by atoms with Gasteiger partial charge in [0.25, 0.3) is 0 Å². The van der Waals surface area contributed by atoms with E-state index in [4.69, 9.17) is 30.9 Å². The molecule has 1 heterocycles. The summed E-state index contributed by atoms with van der Waals surface area (Å²) >= 11 is 0. The van der Waals surface area contributed by atoms with Gasteiger partial charge < -0.3 is 18.9 Å². The van der Waals surface area contributed by atoms with Gasteiger partial charge in [-0.05, 0) is 83.2 Å². The van der Waals surface area contributed by atoms with Crippen molar-refractivity contribution in [1.29, 1.82) is 0 Å². The van der Waals surface area contributed by atoms with Crippen LogP contribution in [0.2, 0.25) is 0 Å². The molecule has 0 saturated heterocycles. The van der Waals surface area contributed by atoms with Gasteiger partial charge in [-0.25, -0.2) is 0 Å². The quantitative estimate of drug-likeness (QED) is 0.0223. The minimum Gasteiger partial charge on any atom is -0.493 e. The number of benzene rings is 4. The van der Waals surface area contributed by atoms with Crippen LogP contribution in [0.1, 0.15) is 135 Å². The van der Waals surface area contributed by atoms with Gasteiger partial charge in [0, 0.05) is 61.0 Å². The first-order valence-corrected chi connectivity index (χ1v) is 24.1. The number of hydrogen-bond donors (Lipinski definition) is 0. The predicted octanol–water partition coefficient (Wildman–Crippen LogP) is 15.0. The van der Waals surface area contributed by atoms with E-state index in [-0.39, 0.29) is 11.9 Å². The summed E-state index contributed by atoms with van der Waals surface area (Å²) in [6.45, 7) is 29.1. The molecule has 0 atom stereocenters. The smallest absolute Gasteiger partial charge is 0.306 e. The molecule has 0 radical (unpaired) electrons. The largest absolute Gasteiger partial charge is 0.493 e. The summed E-state index contributed by atoms with van der Waals surface area (Å²) in [6, 6.07) is 36.4. The van der Waals surface area contributed by atoms with Gasteiger partial charge in [-0.15, -0.1) is 17.4 Å². The number of hydrogen-bond acceptors (Lipinski definition) is 9. The first kappa shape index (κ1) is 63.5. The minimum atomic E-state index is -0.448. The lowest BCUT2D eigenvalue weighted by Gasteiger charge is -2.19. The van der Waals surface area contributed by atoms with Crippen LogP contribution in [0.3, 0.4) is 0 Å². The number of azide groups is 1. The summed E-state index contributed by atoms with van der Waals surface area (Å²) in [5.74, 6) is 3.87. The number of aryl methyl sites for hydroxylation is 1. The Kier molecular flexibility index (Phi) is 37.0. The third-order valence-corrected chi connectivity index (χ3v) is 7.96. The van der Waals surface area contributed by atoms with Crippen molar-refractivity contribution in [2.24, 2.45) is 5.11 Å². The molecule has 5 rings (SSSR count). The highest BCUT2D eigenvalue weighted by Gasteiger charge is 2.17. The first-order valence-electron chi connectivity index (χ1n) is 24.1. The topological polar surface area (TPSA) is 151 Å². The van der Waals surface area contributed by atoms with E-state index in [0.717, 1.165) is 39.4 Å². The van der Waals surface area contributed by atoms with Crippen LogP contribution in [0.25, 0.3) is 32.7 Å². The maximum absolute atomic E-state index is 11.8. The molecule has 0 fully saturated rings. The monoisotopic (exact) mass is 935 g/mol. The van der Waals surface area contributed by atoms with Gasteiger partial charge in [0.15, 0.2) is 0 Å². The van der Waals surface area contributed by atoms with E-state index < -0.39 is 11.2 Å². The van der Waals surface area contributed by atoms with E-state index in [1.165, 1.54) is 0 Å². The number of rotatable bonds is 17. The van der Waals surface area contributed by atoms with Crippen molar-refractivity contribution in [3.05, 3.63) is 132 Å². The van der Waals surface area contributed by atoms with Gasteiger partial charge in [0.2, 0.25) is 0 Å². The highest BCUT2D eigenvalue weighted by Crippen LogP contribution is 2.30. The van der Waals surface area contributed by atoms with Gasteiger partial charge in [-0.2, -0.15) is 0 Å². The summed E-state index contributed by atoms with van der Waals surface area (Å²) < 4.78 is 23.8. The van der Waals surface area contributed by atoms with Gasteiger partial charge in [-0.3, -0.25) is 14.3 Å². The number of nitrogens with zero attached hydrogens (tertiary/aromatic N) is 6. The fourth-order valence-corrected chi connectivity index (χ4v) is 5.45. The SMILES string of the molecule is C#CCCOc1ccccc1-c1ccccc1.CC.CC.CC.CC.CC(C)(C)OC(=O)CCCN=[N+]=[N-].CC(C)(C)OC(=O)CCCn1cc(CCOc2ccccc2-c2ccccc2)nn1. The Morgan fingerprint density at radius 1 is 0.647 bits per heavy atom. The molecule has 0 bridgehead atoms. The van der Waals surface area contributed by atoms with Crippen LogP contribution in [-0.4, -0.2) is 57.9 Å². The molecule has 0 spiro atoms. The molecular weight excluding hydrogens is 853 g/mol. The maximum Gasteiger partial charge on any atom is 0.306 e. The van der Waals surface area contributed by atoms with Crippen molar-refractivity contribution in [3.63, 3.8) is 0 Å². The third kappa shape index (κ3) is 30.6. The second kappa shape index (κ2) is 39.6. The molecule has 0 N–H and O–H groups in total. The predicted molar refractivity (Wildman–Crippen MR) is 281 cm³/mol. The standard InChI is InChI=1S/C24H29N3O3.C16H14O.C8H15N3O2.4C2H6/c1-24(2,3)30-23(28)14-9-16-27-18-20(25-26-27)15-17-29-22-13-8-7-12-21(22)19-10-5-4-6-11-19;1-2-3-13-17-16-12-8-7-11-15(16)14-9-5-4-6-10-14;1-8(2,3)13-7(12)5-4-6-10-11-9;4*1-2/h4-8,10-13,18H,9,14-17H2,1-3H3;1,4-12H,3,13H2;4-6H2,1-3H3;4*1-2H3. The fourth-order valence-electron chi connectivity index (χ4n) is 5.45. The normalized spacial score (nSPS) is 9.72. The van der Waals surface area contributed by atoms with E-state index in [2.05, 4.69) is 62.7 Å². The summed E-state index contributed by atoms with van der Waals surface area (Å²) in [7, 11) is 0. The average molecular weight is 935 g/mol. The van der Waals surface area contributed by atoms with Gasteiger partial charge >= 0.3 is 11.9 Å². The van der Waals surface area contributed by atoms with E-state index in [1.807, 2.05) is 176 Å². The van der Waals surface area contributed by atoms with Crippen LogP contribution in [0.5, 0.6) is 11.5 Å². The number of ether oxygens (including phenoxy) is 4. The van der Waals surface area contributed by atoms with Crippen molar-refractivity contribution < 1.29 is 28.5 Å². The molecule has 1 aromatic heterocycles. The molecule has 5 aromatic rings. The summed E-state index contributed by atoms with van der Waals surface area (Å²) in [5.41, 5.74) is 12.4. The maximum atomic E-state index is 11.8. The summed E-state index contributed by atoms with van der Waals surface area (Å²) in [5, 5.41) is 11.7. The van der Waals surface area contributed by atoms with Crippen molar-refractivity contribution in [2.45, 2.75) is 153 Å². The lowest BCUT2D eigenvalue weighted by atomic mass is 10.1. The second-order valence-corrected chi connectivity index (χ2v) is 15.4. The lowest BCUT2D eigenvalue weighted by Crippen LogP contribution is -2.23. The molecule has 0 aliphatic heterocycles. The molecule has 0 saturated carbocycles. The molecule has 0 aliphatic rings. The second-order valence-electron chi connectivity index (χ2n) is 15.4. The zero-order valence-corrected chi connectivity index (χ0v) is 43.8. The Hall–Kier alpha value is -6.57. The Morgan fingerprint density at radius 2 is 1.07 bits per heavy atom. The molecule has 12 heteroatoms. The first-order chi connectivity index (χ1) is 32.8. The van der Waals surface area contributed by atoms with E-state index >= 15 is 0 Å². The summed E-state index contributed by atoms with van der Waals surface area (Å²) in [4.78, 5) is 25.4. The van der Waals surface area contributed by atoms with Crippen LogP contribution in [-0.2, 0) is 32.0 Å². The van der Waals surface area contributed by atoms with Gasteiger partial charge in [-0.1, -0.05) is 163 Å². The van der Waals surface area contributed by atoms with Crippen LogP contribution >= 0.6 is 0 Å². The zero-order chi connectivity index (χ0) is 51.6. The van der Waals surface area contributed by atoms with E-state index in [1.54, 1.807) is 4.68 Å². The van der Waals surface area contributed by atoms with Crippen molar-refractivity contribution in [2.75, 3.05) is 19.8 Å². The molecule has 68 heavy (non-hydrogen) atoms. The Bertz CT molecular complexity index is 2110. The molecular formula is C56H82N6O6. The number of terminal acetylenes is 1. The van der Waals surface area contributed by atoms with E-state index in [0.29, 0.717) is 64.8 Å². The number of carbonyl (C=O) groups is 2. The lowest BCUT2D eigenvalue weighted by molar-refractivity contribution is -0.156. The molecule has 0 amide bonds. The van der Waals surface area contributed by atoms with Crippen molar-refractivity contribution in [3.8, 4) is 46.1 Å². The third-order valence-electron chi connectivity index (χ3n) is 7.96. The van der Waals surface area contributed by atoms with Crippen LogP contribution < -0.4 is 9.47 Å². The molecule has 12 nitrogen and oxygen atoms in total. The number of para-hydroxylation sites is 2. The Balaban J connectivity index is 0.